The van der Waals surface area contributed by atoms with Crippen LogP contribution in [0.1, 0.15) is 68.9 Å². The molecule has 0 atom stereocenters. The maximum absolute atomic E-state index is 12.8. The van der Waals surface area contributed by atoms with E-state index in [1.54, 1.807) is 14.2 Å². The Hall–Kier alpha value is -2.28. The second kappa shape index (κ2) is 8.69. The van der Waals surface area contributed by atoms with Gasteiger partial charge in [-0.3, -0.25) is 4.68 Å². The van der Waals surface area contributed by atoms with Gasteiger partial charge in [0.2, 0.25) is 0 Å². The highest BCUT2D eigenvalue weighted by molar-refractivity contribution is 5.87. The lowest BCUT2D eigenvalue weighted by Crippen LogP contribution is -2.49. The van der Waals surface area contributed by atoms with E-state index in [2.05, 4.69) is 22.1 Å². The zero-order chi connectivity index (χ0) is 21.4. The van der Waals surface area contributed by atoms with E-state index in [1.807, 2.05) is 11.1 Å². The number of benzene rings is 1. The summed E-state index contributed by atoms with van der Waals surface area (Å²) in [4.78, 5) is 14.7. The molecule has 1 aromatic carbocycles. The van der Waals surface area contributed by atoms with Crippen molar-refractivity contribution in [3.8, 4) is 5.75 Å². The smallest absolute Gasteiger partial charge is 0.317 e. The van der Waals surface area contributed by atoms with E-state index in [-0.39, 0.29) is 12.1 Å². The molecule has 7 heteroatoms. The van der Waals surface area contributed by atoms with Gasteiger partial charge in [0.15, 0.2) is 0 Å². The molecule has 5 rings (SSSR count). The largest absolute Gasteiger partial charge is 0.496 e. The highest BCUT2D eigenvalue weighted by Crippen LogP contribution is 2.46. The first-order chi connectivity index (χ1) is 15.2. The Morgan fingerprint density at radius 2 is 1.77 bits per heavy atom. The average molecular weight is 427 g/mol. The monoisotopic (exact) mass is 426 g/mol. The van der Waals surface area contributed by atoms with Gasteiger partial charge in [-0.15, -0.1) is 0 Å². The summed E-state index contributed by atoms with van der Waals surface area (Å²) >= 11 is 0. The molecule has 2 amide bonds. The molecule has 2 aromatic rings. The number of ether oxygens (including phenoxy) is 2. The minimum atomic E-state index is 0.0837. The zero-order valence-corrected chi connectivity index (χ0v) is 18.7. The quantitative estimate of drug-likeness (QED) is 0.777. The lowest BCUT2D eigenvalue weighted by atomic mass is 9.93. The van der Waals surface area contributed by atoms with Crippen LogP contribution in [0.3, 0.4) is 0 Å². The van der Waals surface area contributed by atoms with E-state index in [0.717, 1.165) is 68.3 Å². The van der Waals surface area contributed by atoms with Crippen LogP contribution in [0.4, 0.5) is 4.79 Å². The Morgan fingerprint density at radius 3 is 2.42 bits per heavy atom. The molecule has 1 saturated heterocycles. The topological polar surface area (TPSA) is 68.6 Å². The molecule has 3 aliphatic rings. The lowest BCUT2D eigenvalue weighted by molar-refractivity contribution is 0.0624. The van der Waals surface area contributed by atoms with E-state index >= 15 is 0 Å². The summed E-state index contributed by atoms with van der Waals surface area (Å²) < 4.78 is 13.4. The Kier molecular flexibility index (Phi) is 5.78. The molecular weight excluding hydrogens is 392 g/mol. The fourth-order valence-electron chi connectivity index (χ4n) is 5.37. The molecule has 7 nitrogen and oxygen atoms in total. The number of methoxy groups -OCH3 is 2. The van der Waals surface area contributed by atoms with Crippen molar-refractivity contribution in [3.63, 3.8) is 0 Å². The minimum Gasteiger partial charge on any atom is -0.496 e. The number of nitrogens with one attached hydrogen (secondary N) is 1. The van der Waals surface area contributed by atoms with Crippen LogP contribution in [0.5, 0.6) is 5.75 Å². The van der Waals surface area contributed by atoms with Gasteiger partial charge >= 0.3 is 6.03 Å². The summed E-state index contributed by atoms with van der Waals surface area (Å²) in [5.74, 6) is 1.64. The molecule has 2 heterocycles. The number of rotatable bonds is 5. The van der Waals surface area contributed by atoms with Gasteiger partial charge in [0.05, 0.1) is 36.4 Å². The molecule has 3 fully saturated rings. The predicted molar refractivity (Wildman–Crippen MR) is 120 cm³/mol. The lowest BCUT2D eigenvalue weighted by Gasteiger charge is -2.35. The van der Waals surface area contributed by atoms with Crippen molar-refractivity contribution in [1.82, 2.24) is 20.0 Å². The number of likely N-dealkylation sites (tertiary alicyclic amines) is 1. The van der Waals surface area contributed by atoms with E-state index in [9.17, 15) is 4.79 Å². The third-order valence-corrected chi connectivity index (χ3v) is 7.42. The van der Waals surface area contributed by atoms with Crippen molar-refractivity contribution in [2.24, 2.45) is 0 Å². The normalized spacial score (nSPS) is 25.0. The molecule has 0 unspecified atom stereocenters. The molecule has 31 heavy (non-hydrogen) atoms. The maximum Gasteiger partial charge on any atom is 0.317 e. The number of aromatic nitrogens is 2. The number of urea groups is 1. The summed E-state index contributed by atoms with van der Waals surface area (Å²) in [6, 6.07) is 5.10. The first-order valence-corrected chi connectivity index (χ1v) is 11.8. The minimum absolute atomic E-state index is 0.0837. The van der Waals surface area contributed by atoms with Crippen LogP contribution in [0.25, 0.3) is 10.9 Å². The second-order valence-electron chi connectivity index (χ2n) is 9.36. The number of amides is 2. The van der Waals surface area contributed by atoms with Crippen molar-refractivity contribution in [1.29, 1.82) is 0 Å². The van der Waals surface area contributed by atoms with E-state index in [1.165, 1.54) is 18.4 Å². The van der Waals surface area contributed by atoms with Crippen LogP contribution in [0.15, 0.2) is 18.3 Å². The number of fused-ring (bicyclic) bond motifs is 1. The number of carbonyl (C=O) groups is 1. The van der Waals surface area contributed by atoms with Crippen molar-refractivity contribution in [2.45, 2.75) is 75.5 Å². The van der Waals surface area contributed by atoms with E-state index in [4.69, 9.17) is 14.6 Å². The molecule has 2 saturated carbocycles. The van der Waals surface area contributed by atoms with Crippen LogP contribution >= 0.6 is 0 Å². The summed E-state index contributed by atoms with van der Waals surface area (Å²) in [7, 11) is 3.54. The third-order valence-electron chi connectivity index (χ3n) is 7.42. The first-order valence-electron chi connectivity index (χ1n) is 11.8. The highest BCUT2D eigenvalue weighted by atomic mass is 16.5. The van der Waals surface area contributed by atoms with Crippen molar-refractivity contribution in [2.75, 3.05) is 27.3 Å². The van der Waals surface area contributed by atoms with Gasteiger partial charge in [-0.05, 0) is 68.9 Å². The summed E-state index contributed by atoms with van der Waals surface area (Å²) in [5.41, 5.74) is 2.46. The molecule has 1 aliphatic heterocycles. The Morgan fingerprint density at radius 1 is 1.03 bits per heavy atom. The molecule has 2 aliphatic carbocycles. The standard InChI is InChI=1S/C24H34N4O3/c1-30-19-7-5-17(6-8-19)26-24(29)27-13-11-18(12-14-27)28-22-10-9-20(16-3-4-16)23(31-2)21(22)15-25-28/h9-10,15-19H,3-8,11-14H2,1-2H3,(H,26,29). The molecule has 1 aromatic heterocycles. The summed E-state index contributed by atoms with van der Waals surface area (Å²) in [5, 5.41) is 9.09. The van der Waals surface area contributed by atoms with Gasteiger partial charge in [-0.1, -0.05) is 6.07 Å². The zero-order valence-electron chi connectivity index (χ0n) is 18.7. The fraction of sp³-hybridized carbons (Fsp3) is 0.667. The van der Waals surface area contributed by atoms with Crippen LogP contribution in [0, 0.1) is 0 Å². The van der Waals surface area contributed by atoms with E-state index < -0.39 is 0 Å². The van der Waals surface area contributed by atoms with E-state index in [0.29, 0.717) is 18.1 Å². The average Bonchev–Trinajstić information content (AvgIpc) is 3.57. The number of carbonyl (C=O) groups excluding carboxylic acids is 1. The van der Waals surface area contributed by atoms with Gasteiger partial charge in [-0.2, -0.15) is 5.10 Å². The third kappa shape index (κ3) is 4.12. The van der Waals surface area contributed by atoms with Crippen LogP contribution < -0.4 is 10.1 Å². The van der Waals surface area contributed by atoms with Crippen molar-refractivity contribution >= 4 is 16.9 Å². The molecule has 168 valence electrons. The van der Waals surface area contributed by atoms with Gasteiger partial charge in [0, 0.05) is 26.2 Å². The van der Waals surface area contributed by atoms with Crippen LogP contribution in [0.2, 0.25) is 0 Å². The Bertz CT molecular complexity index is 922. The molecular formula is C24H34N4O3. The second-order valence-corrected chi connectivity index (χ2v) is 9.36. The molecule has 0 radical (unpaired) electrons. The SMILES string of the molecule is COc1c(C2CC2)ccc2c1cnn2C1CCN(C(=O)NC2CCC(OC)CC2)CC1. The fourth-order valence-corrected chi connectivity index (χ4v) is 5.37. The first kappa shape index (κ1) is 20.6. The molecule has 1 N–H and O–H groups in total. The molecule has 0 bridgehead atoms. The number of piperidine rings is 1. The van der Waals surface area contributed by atoms with Gasteiger partial charge in [0.25, 0.3) is 0 Å². The Labute approximate surface area is 184 Å². The van der Waals surface area contributed by atoms with Crippen LogP contribution in [-0.4, -0.2) is 60.2 Å². The maximum atomic E-state index is 12.8. The number of hydrogen-bond donors (Lipinski definition) is 1. The van der Waals surface area contributed by atoms with Crippen molar-refractivity contribution < 1.29 is 14.3 Å². The number of nitrogens with zero attached hydrogens (tertiary/aromatic N) is 3. The number of hydrogen-bond acceptors (Lipinski definition) is 4. The summed E-state index contributed by atoms with van der Waals surface area (Å²) in [6.45, 7) is 1.53. The highest BCUT2D eigenvalue weighted by Gasteiger charge is 2.30. The van der Waals surface area contributed by atoms with Gasteiger partial charge in [-0.25, -0.2) is 4.79 Å². The summed E-state index contributed by atoms with van der Waals surface area (Å²) in [6.07, 6.45) is 10.7. The van der Waals surface area contributed by atoms with Crippen LogP contribution in [-0.2, 0) is 4.74 Å². The Balaban J connectivity index is 1.21. The molecule has 0 spiro atoms. The van der Waals surface area contributed by atoms with Crippen molar-refractivity contribution in [3.05, 3.63) is 23.9 Å². The predicted octanol–water partition coefficient (Wildman–Crippen LogP) is 4.23. The van der Waals surface area contributed by atoms with Gasteiger partial charge < -0.3 is 19.7 Å². The van der Waals surface area contributed by atoms with Gasteiger partial charge in [0.1, 0.15) is 5.75 Å².